The van der Waals surface area contributed by atoms with Gasteiger partial charge < -0.3 is 5.32 Å². The predicted molar refractivity (Wildman–Crippen MR) is 57.0 cm³/mol. The zero-order valence-electron chi connectivity index (χ0n) is 8.17. The van der Waals surface area contributed by atoms with E-state index in [1.54, 1.807) is 4.68 Å². The summed E-state index contributed by atoms with van der Waals surface area (Å²) in [6.45, 7) is 1.90. The number of carbonyl (C=O) groups is 1. The lowest BCUT2D eigenvalue weighted by atomic mass is 10.4. The van der Waals surface area contributed by atoms with E-state index in [2.05, 4.69) is 26.3 Å². The molecule has 0 unspecified atom stereocenters. The van der Waals surface area contributed by atoms with Crippen LogP contribution in [0.4, 0.5) is 5.82 Å². The van der Waals surface area contributed by atoms with Gasteiger partial charge >= 0.3 is 0 Å². The van der Waals surface area contributed by atoms with Gasteiger partial charge in [-0.25, -0.2) is 0 Å². The zero-order chi connectivity index (χ0) is 10.3. The van der Waals surface area contributed by atoms with Crippen molar-refractivity contribution in [2.45, 2.75) is 19.8 Å². The Morgan fingerprint density at radius 2 is 2.29 bits per heavy atom. The standard InChI is InChI=1S/C9H12BrN3O/c1-5-7(10)8(13(2)12-5)11-9(14)6-3-4-6/h6H,3-4H2,1-2H3,(H,11,14). The highest BCUT2D eigenvalue weighted by atomic mass is 79.9. The third-order valence-electron chi connectivity index (χ3n) is 2.34. The number of carbonyl (C=O) groups excluding carboxylic acids is 1. The van der Waals surface area contributed by atoms with Crippen LogP contribution in [0.15, 0.2) is 4.47 Å². The van der Waals surface area contributed by atoms with Crippen LogP contribution in [0.2, 0.25) is 0 Å². The summed E-state index contributed by atoms with van der Waals surface area (Å²) >= 11 is 3.40. The Morgan fingerprint density at radius 3 is 2.71 bits per heavy atom. The maximum Gasteiger partial charge on any atom is 0.228 e. The molecule has 1 aliphatic carbocycles. The number of nitrogens with one attached hydrogen (secondary N) is 1. The van der Waals surface area contributed by atoms with Crippen molar-refractivity contribution < 1.29 is 4.79 Å². The van der Waals surface area contributed by atoms with Crippen LogP contribution in [-0.4, -0.2) is 15.7 Å². The van der Waals surface area contributed by atoms with Crippen LogP contribution in [-0.2, 0) is 11.8 Å². The normalized spacial score (nSPS) is 15.6. The highest BCUT2D eigenvalue weighted by Crippen LogP contribution is 2.32. The number of hydrogen-bond donors (Lipinski definition) is 1. The van der Waals surface area contributed by atoms with E-state index in [4.69, 9.17) is 0 Å². The largest absolute Gasteiger partial charge is 0.310 e. The molecule has 0 bridgehead atoms. The summed E-state index contributed by atoms with van der Waals surface area (Å²) in [5.41, 5.74) is 0.888. The van der Waals surface area contributed by atoms with Gasteiger partial charge in [-0.3, -0.25) is 9.48 Å². The average Bonchev–Trinajstić information content (AvgIpc) is 2.91. The molecule has 1 N–H and O–H groups in total. The zero-order valence-corrected chi connectivity index (χ0v) is 9.76. The molecule has 1 fully saturated rings. The molecule has 1 aromatic rings. The van der Waals surface area contributed by atoms with Gasteiger partial charge in [0.25, 0.3) is 0 Å². The van der Waals surface area contributed by atoms with Gasteiger partial charge in [-0.15, -0.1) is 0 Å². The molecule has 1 heterocycles. The predicted octanol–water partition coefficient (Wildman–Crippen LogP) is 1.84. The van der Waals surface area contributed by atoms with Gasteiger partial charge in [0.2, 0.25) is 5.91 Å². The molecule has 1 aromatic heterocycles. The quantitative estimate of drug-likeness (QED) is 0.879. The molecule has 5 heteroatoms. The third-order valence-corrected chi connectivity index (χ3v) is 3.29. The highest BCUT2D eigenvalue weighted by molar-refractivity contribution is 9.10. The van der Waals surface area contributed by atoms with Crippen molar-refractivity contribution in [3.8, 4) is 0 Å². The summed E-state index contributed by atoms with van der Waals surface area (Å²) in [6, 6.07) is 0. The first kappa shape index (κ1) is 9.71. The molecule has 1 saturated carbocycles. The van der Waals surface area contributed by atoms with Crippen LogP contribution in [0, 0.1) is 12.8 Å². The van der Waals surface area contributed by atoms with E-state index in [9.17, 15) is 4.79 Å². The Balaban J connectivity index is 2.18. The summed E-state index contributed by atoms with van der Waals surface area (Å²) in [5.74, 6) is 1.07. The Bertz CT molecular complexity index is 382. The van der Waals surface area contributed by atoms with Crippen molar-refractivity contribution in [3.63, 3.8) is 0 Å². The maximum atomic E-state index is 11.5. The van der Waals surface area contributed by atoms with Crippen LogP contribution in [0.25, 0.3) is 0 Å². The van der Waals surface area contributed by atoms with Crippen LogP contribution < -0.4 is 5.32 Å². The first-order valence-electron chi connectivity index (χ1n) is 4.59. The Kier molecular flexibility index (Phi) is 2.34. The molecule has 0 aliphatic heterocycles. The third kappa shape index (κ3) is 1.68. The Morgan fingerprint density at radius 1 is 1.64 bits per heavy atom. The number of aromatic nitrogens is 2. The van der Waals surface area contributed by atoms with E-state index < -0.39 is 0 Å². The van der Waals surface area contributed by atoms with E-state index in [-0.39, 0.29) is 11.8 Å². The van der Waals surface area contributed by atoms with Crippen molar-refractivity contribution in [3.05, 3.63) is 10.2 Å². The number of nitrogens with zero attached hydrogens (tertiary/aromatic N) is 2. The summed E-state index contributed by atoms with van der Waals surface area (Å²) in [6.07, 6.45) is 2.03. The first-order valence-corrected chi connectivity index (χ1v) is 5.39. The Hall–Kier alpha value is -0.840. The number of halogens is 1. The van der Waals surface area contributed by atoms with Gasteiger partial charge in [-0.1, -0.05) is 0 Å². The summed E-state index contributed by atoms with van der Waals surface area (Å²) in [7, 11) is 1.82. The Labute approximate surface area is 90.8 Å². The first-order chi connectivity index (χ1) is 6.59. The van der Waals surface area contributed by atoms with E-state index >= 15 is 0 Å². The van der Waals surface area contributed by atoms with E-state index in [1.165, 1.54) is 0 Å². The van der Waals surface area contributed by atoms with E-state index in [0.717, 1.165) is 28.8 Å². The van der Waals surface area contributed by atoms with Crippen molar-refractivity contribution in [2.24, 2.45) is 13.0 Å². The van der Waals surface area contributed by atoms with Gasteiger partial charge in [0.1, 0.15) is 5.82 Å². The minimum Gasteiger partial charge on any atom is -0.310 e. The second kappa shape index (κ2) is 3.38. The molecule has 76 valence electrons. The molecule has 0 radical (unpaired) electrons. The maximum absolute atomic E-state index is 11.5. The molecule has 1 amide bonds. The minimum absolute atomic E-state index is 0.105. The monoisotopic (exact) mass is 257 g/mol. The van der Waals surface area contributed by atoms with Crippen LogP contribution in [0.1, 0.15) is 18.5 Å². The van der Waals surface area contributed by atoms with Crippen molar-refractivity contribution in [1.82, 2.24) is 9.78 Å². The van der Waals surface area contributed by atoms with Gasteiger partial charge in [0.15, 0.2) is 0 Å². The molecular formula is C9H12BrN3O. The lowest BCUT2D eigenvalue weighted by Gasteiger charge is -2.04. The molecule has 14 heavy (non-hydrogen) atoms. The van der Waals surface area contributed by atoms with Crippen LogP contribution in [0.5, 0.6) is 0 Å². The molecule has 4 nitrogen and oxygen atoms in total. The number of rotatable bonds is 2. The van der Waals surface area contributed by atoms with Crippen LogP contribution >= 0.6 is 15.9 Å². The number of aryl methyl sites for hydroxylation is 2. The fraction of sp³-hybridized carbons (Fsp3) is 0.556. The van der Waals surface area contributed by atoms with E-state index in [1.807, 2.05) is 14.0 Å². The number of hydrogen-bond acceptors (Lipinski definition) is 2. The summed E-state index contributed by atoms with van der Waals surface area (Å²) < 4.78 is 2.55. The van der Waals surface area contributed by atoms with Gasteiger partial charge in [0.05, 0.1) is 10.2 Å². The lowest BCUT2D eigenvalue weighted by molar-refractivity contribution is -0.117. The average molecular weight is 258 g/mol. The minimum atomic E-state index is 0.105. The fourth-order valence-electron chi connectivity index (χ4n) is 1.33. The summed E-state index contributed by atoms with van der Waals surface area (Å²) in [4.78, 5) is 11.5. The number of amides is 1. The SMILES string of the molecule is Cc1nn(C)c(NC(=O)C2CC2)c1Br. The van der Waals surface area contributed by atoms with Crippen LogP contribution in [0.3, 0.4) is 0 Å². The highest BCUT2D eigenvalue weighted by Gasteiger charge is 2.30. The lowest BCUT2D eigenvalue weighted by Crippen LogP contribution is -2.16. The smallest absolute Gasteiger partial charge is 0.228 e. The second-order valence-electron chi connectivity index (χ2n) is 3.64. The van der Waals surface area contributed by atoms with Crippen molar-refractivity contribution in [1.29, 1.82) is 0 Å². The molecule has 0 aromatic carbocycles. The van der Waals surface area contributed by atoms with E-state index in [0.29, 0.717) is 0 Å². The van der Waals surface area contributed by atoms with Crippen molar-refractivity contribution in [2.75, 3.05) is 5.32 Å². The molecule has 2 rings (SSSR count). The van der Waals surface area contributed by atoms with Gasteiger partial charge in [0, 0.05) is 13.0 Å². The van der Waals surface area contributed by atoms with Gasteiger partial charge in [-0.2, -0.15) is 5.10 Å². The molecule has 0 atom stereocenters. The second-order valence-corrected chi connectivity index (χ2v) is 4.43. The molecular weight excluding hydrogens is 246 g/mol. The van der Waals surface area contributed by atoms with Crippen molar-refractivity contribution >= 4 is 27.7 Å². The fourth-order valence-corrected chi connectivity index (χ4v) is 1.77. The molecule has 0 saturated heterocycles. The molecule has 0 spiro atoms. The summed E-state index contributed by atoms with van der Waals surface area (Å²) in [5, 5.41) is 7.07. The van der Waals surface area contributed by atoms with Gasteiger partial charge in [-0.05, 0) is 35.7 Å². The topological polar surface area (TPSA) is 46.9 Å². The number of anilines is 1. The molecule has 1 aliphatic rings.